The summed E-state index contributed by atoms with van der Waals surface area (Å²) < 4.78 is 6.28. The molecule has 0 radical (unpaired) electrons. The molecule has 1 aliphatic rings. The molecule has 3 rings (SSSR count). The first-order chi connectivity index (χ1) is 15.7. The van der Waals surface area contributed by atoms with Crippen LogP contribution in [0.2, 0.25) is 5.02 Å². The molecule has 0 fully saturated rings. The van der Waals surface area contributed by atoms with E-state index < -0.39 is 17.7 Å². The number of rotatable bonds is 10. The minimum absolute atomic E-state index is 0.0573. The number of aliphatic carboxylic acids is 1. The maximum atomic E-state index is 12.5. The van der Waals surface area contributed by atoms with Gasteiger partial charge in [0.2, 0.25) is 0 Å². The molecule has 0 saturated heterocycles. The van der Waals surface area contributed by atoms with Crippen molar-refractivity contribution in [2.24, 2.45) is 5.16 Å². The van der Waals surface area contributed by atoms with Crippen LogP contribution in [0.1, 0.15) is 82.6 Å². The topological polar surface area (TPSA) is 68.1 Å². The Kier molecular flexibility index (Phi) is 8.19. The SMILES string of the molecule is CCCCCC1=NOC(C(=O)O)(C(OCc2ccc(C(C)(C)C)cc2)c2ccc(Cl)cc2)C1. The van der Waals surface area contributed by atoms with Crippen molar-refractivity contribution in [1.29, 1.82) is 0 Å². The van der Waals surface area contributed by atoms with Gasteiger partial charge in [0.05, 0.1) is 12.3 Å². The Balaban J connectivity index is 1.84. The van der Waals surface area contributed by atoms with E-state index in [2.05, 4.69) is 45.0 Å². The predicted molar refractivity (Wildman–Crippen MR) is 132 cm³/mol. The summed E-state index contributed by atoms with van der Waals surface area (Å²) >= 11 is 6.08. The average molecular weight is 472 g/mol. The first kappa shape index (κ1) is 25.3. The van der Waals surface area contributed by atoms with Crippen LogP contribution in [-0.4, -0.2) is 22.4 Å². The van der Waals surface area contributed by atoms with E-state index in [1.54, 1.807) is 24.3 Å². The molecule has 2 aromatic rings. The summed E-state index contributed by atoms with van der Waals surface area (Å²) in [5, 5.41) is 15.0. The molecule has 0 aliphatic carbocycles. The van der Waals surface area contributed by atoms with Crippen LogP contribution in [0.25, 0.3) is 0 Å². The van der Waals surface area contributed by atoms with Crippen molar-refractivity contribution in [1.82, 2.24) is 0 Å². The molecule has 1 N–H and O–H groups in total. The maximum absolute atomic E-state index is 12.5. The van der Waals surface area contributed by atoms with Crippen LogP contribution in [0.4, 0.5) is 0 Å². The predicted octanol–water partition coefficient (Wildman–Crippen LogP) is 7.08. The highest BCUT2D eigenvalue weighted by Gasteiger charge is 2.54. The Hall–Kier alpha value is -2.37. The molecule has 178 valence electrons. The number of benzene rings is 2. The Bertz CT molecular complexity index is 963. The number of carbonyl (C=O) groups is 1. The van der Waals surface area contributed by atoms with Gasteiger partial charge in [-0.15, -0.1) is 0 Å². The summed E-state index contributed by atoms with van der Waals surface area (Å²) in [4.78, 5) is 18.2. The van der Waals surface area contributed by atoms with Crippen molar-refractivity contribution in [2.45, 2.75) is 83.5 Å². The molecule has 5 nitrogen and oxygen atoms in total. The summed E-state index contributed by atoms with van der Waals surface area (Å²) in [7, 11) is 0. The lowest BCUT2D eigenvalue weighted by molar-refractivity contribution is -0.187. The van der Waals surface area contributed by atoms with Gasteiger partial charge in [-0.1, -0.05) is 93.7 Å². The number of hydrogen-bond acceptors (Lipinski definition) is 4. The van der Waals surface area contributed by atoms with E-state index >= 15 is 0 Å². The van der Waals surface area contributed by atoms with E-state index in [0.29, 0.717) is 10.6 Å². The Morgan fingerprint density at radius 3 is 2.39 bits per heavy atom. The van der Waals surface area contributed by atoms with Crippen molar-refractivity contribution in [2.75, 3.05) is 0 Å². The smallest absolute Gasteiger partial charge is 0.354 e. The zero-order valence-electron chi connectivity index (χ0n) is 19.9. The van der Waals surface area contributed by atoms with Gasteiger partial charge in [0, 0.05) is 11.4 Å². The van der Waals surface area contributed by atoms with Crippen LogP contribution >= 0.6 is 11.6 Å². The van der Waals surface area contributed by atoms with Crippen molar-refractivity contribution in [3.63, 3.8) is 0 Å². The van der Waals surface area contributed by atoms with Gasteiger partial charge in [0.25, 0.3) is 5.60 Å². The highest BCUT2D eigenvalue weighted by Crippen LogP contribution is 2.41. The number of carboxylic acids is 1. The van der Waals surface area contributed by atoms with Gasteiger partial charge in [-0.05, 0) is 47.1 Å². The Morgan fingerprint density at radius 1 is 1.15 bits per heavy atom. The van der Waals surface area contributed by atoms with Gasteiger partial charge >= 0.3 is 5.97 Å². The number of ether oxygens (including phenoxy) is 1. The van der Waals surface area contributed by atoms with E-state index in [-0.39, 0.29) is 18.4 Å². The zero-order chi connectivity index (χ0) is 24.1. The molecule has 2 unspecified atom stereocenters. The second-order valence-electron chi connectivity index (χ2n) is 9.77. The molecule has 2 aromatic carbocycles. The number of halogens is 1. The summed E-state index contributed by atoms with van der Waals surface area (Å²) in [6.45, 7) is 8.89. The van der Waals surface area contributed by atoms with Gasteiger partial charge in [-0.3, -0.25) is 0 Å². The number of carboxylic acid groups (broad SMARTS) is 1. The molecule has 0 amide bonds. The second kappa shape index (κ2) is 10.7. The lowest BCUT2D eigenvalue weighted by atomic mass is 9.85. The average Bonchev–Trinajstić information content (AvgIpc) is 3.20. The van der Waals surface area contributed by atoms with Crippen LogP contribution < -0.4 is 0 Å². The zero-order valence-corrected chi connectivity index (χ0v) is 20.7. The van der Waals surface area contributed by atoms with Crippen LogP contribution in [-0.2, 0) is 26.4 Å². The van der Waals surface area contributed by atoms with Crippen molar-refractivity contribution in [3.05, 3.63) is 70.2 Å². The highest BCUT2D eigenvalue weighted by molar-refractivity contribution is 6.30. The fourth-order valence-corrected chi connectivity index (χ4v) is 4.14. The summed E-state index contributed by atoms with van der Waals surface area (Å²) in [5.74, 6) is -1.08. The van der Waals surface area contributed by atoms with Gasteiger partial charge < -0.3 is 14.7 Å². The number of nitrogens with zero attached hydrogens (tertiary/aromatic N) is 1. The molecule has 1 aliphatic heterocycles. The van der Waals surface area contributed by atoms with Crippen LogP contribution in [0, 0.1) is 0 Å². The maximum Gasteiger partial charge on any atom is 0.354 e. The third kappa shape index (κ3) is 6.15. The highest BCUT2D eigenvalue weighted by atomic mass is 35.5. The van der Waals surface area contributed by atoms with Crippen molar-refractivity contribution < 1.29 is 19.5 Å². The summed E-state index contributed by atoms with van der Waals surface area (Å²) in [5.41, 5.74) is 2.10. The molecule has 6 heteroatoms. The van der Waals surface area contributed by atoms with Crippen LogP contribution in [0.5, 0.6) is 0 Å². The lowest BCUT2D eigenvalue weighted by Crippen LogP contribution is -2.46. The fourth-order valence-electron chi connectivity index (χ4n) is 4.01. The molecular formula is C27H34ClNO4. The molecule has 33 heavy (non-hydrogen) atoms. The standard InChI is InChI=1S/C27H34ClNO4/c1-5-6-7-8-23-17-27(25(30)31,33-29-23)24(20-11-15-22(28)16-12-20)32-18-19-9-13-21(14-10-19)26(2,3)4/h9-16,24H,5-8,17-18H2,1-4H3,(H,30,31). The van der Waals surface area contributed by atoms with Gasteiger partial charge in [0.1, 0.15) is 6.10 Å². The first-order valence-electron chi connectivity index (χ1n) is 11.6. The third-order valence-electron chi connectivity index (χ3n) is 6.07. The first-order valence-corrected chi connectivity index (χ1v) is 12.0. The second-order valence-corrected chi connectivity index (χ2v) is 10.2. The number of unbranched alkanes of at least 4 members (excludes halogenated alkanes) is 2. The van der Waals surface area contributed by atoms with Crippen molar-refractivity contribution in [3.8, 4) is 0 Å². The molecule has 2 atom stereocenters. The van der Waals surface area contributed by atoms with E-state index in [1.807, 2.05) is 12.1 Å². The number of oxime groups is 1. The summed E-state index contributed by atoms with van der Waals surface area (Å²) in [6.07, 6.45) is 3.19. The van der Waals surface area contributed by atoms with E-state index in [9.17, 15) is 9.90 Å². The van der Waals surface area contributed by atoms with E-state index in [1.165, 1.54) is 5.56 Å². The largest absolute Gasteiger partial charge is 0.478 e. The quantitative estimate of drug-likeness (QED) is 0.376. The van der Waals surface area contributed by atoms with E-state index in [4.69, 9.17) is 21.2 Å². The third-order valence-corrected chi connectivity index (χ3v) is 6.32. The van der Waals surface area contributed by atoms with Gasteiger partial charge in [-0.2, -0.15) is 0 Å². The minimum atomic E-state index is -1.61. The fraction of sp³-hybridized carbons (Fsp3) is 0.481. The van der Waals surface area contributed by atoms with Crippen LogP contribution in [0.15, 0.2) is 53.7 Å². The van der Waals surface area contributed by atoms with E-state index in [0.717, 1.165) is 37.0 Å². The minimum Gasteiger partial charge on any atom is -0.478 e. The lowest BCUT2D eigenvalue weighted by Gasteiger charge is -2.31. The molecule has 0 saturated carbocycles. The van der Waals surface area contributed by atoms with Gasteiger partial charge in [-0.25, -0.2) is 4.79 Å². The summed E-state index contributed by atoms with van der Waals surface area (Å²) in [6, 6.07) is 15.3. The van der Waals surface area contributed by atoms with Crippen LogP contribution in [0.3, 0.4) is 0 Å². The molecular weight excluding hydrogens is 438 g/mol. The number of hydrogen-bond donors (Lipinski definition) is 1. The molecule has 1 heterocycles. The van der Waals surface area contributed by atoms with Gasteiger partial charge in [0.15, 0.2) is 0 Å². The monoisotopic (exact) mass is 471 g/mol. The Morgan fingerprint density at radius 2 is 1.82 bits per heavy atom. The van der Waals surface area contributed by atoms with Crippen molar-refractivity contribution >= 4 is 23.3 Å². The normalized spacial score (nSPS) is 19.1. The molecule has 0 aromatic heterocycles. The molecule has 0 spiro atoms. The Labute approximate surface area is 201 Å². The molecule has 0 bridgehead atoms.